The molecule has 0 N–H and O–H groups in total. The molecule has 0 heterocycles. The van der Waals surface area contributed by atoms with Gasteiger partial charge in [-0.15, -0.1) is 0 Å². The van der Waals surface area contributed by atoms with Crippen molar-refractivity contribution >= 4 is 11.9 Å². The van der Waals surface area contributed by atoms with Crippen LogP contribution in [0.2, 0.25) is 0 Å². The van der Waals surface area contributed by atoms with Gasteiger partial charge in [0.1, 0.15) is 0 Å². The lowest BCUT2D eigenvalue weighted by atomic mass is 9.79. The molecule has 0 amide bonds. The van der Waals surface area contributed by atoms with Crippen LogP contribution in [0.4, 0.5) is 5.69 Å². The van der Waals surface area contributed by atoms with Gasteiger partial charge in [0.2, 0.25) is 0 Å². The predicted octanol–water partition coefficient (Wildman–Crippen LogP) is 4.53. The van der Waals surface area contributed by atoms with Crippen molar-refractivity contribution < 1.29 is 4.92 Å². The Morgan fingerprint density at radius 3 is 2.52 bits per heavy atom. The summed E-state index contributed by atoms with van der Waals surface area (Å²) < 4.78 is 0. The minimum absolute atomic E-state index is 0.104. The first-order chi connectivity index (χ1) is 11.2. The van der Waals surface area contributed by atoms with E-state index in [1.807, 2.05) is 12.1 Å². The van der Waals surface area contributed by atoms with Crippen molar-refractivity contribution in [2.75, 3.05) is 6.54 Å². The molecule has 0 aliphatic heterocycles. The van der Waals surface area contributed by atoms with Crippen molar-refractivity contribution in [3.8, 4) is 0 Å². The molecule has 0 aromatic heterocycles. The Hall–Kier alpha value is -2.49. The largest absolute Gasteiger partial charge is 0.292 e. The van der Waals surface area contributed by atoms with Crippen molar-refractivity contribution in [1.82, 2.24) is 0 Å². The van der Waals surface area contributed by atoms with E-state index in [1.165, 1.54) is 24.5 Å². The summed E-state index contributed by atoms with van der Waals surface area (Å²) in [5, 5.41) is 10.8. The monoisotopic (exact) mass is 308 g/mol. The number of hydrogen-bond donors (Lipinski definition) is 0. The molecule has 1 fully saturated rings. The van der Waals surface area contributed by atoms with Gasteiger partial charge in [0, 0.05) is 30.3 Å². The normalized spacial score (nSPS) is 16.7. The summed E-state index contributed by atoms with van der Waals surface area (Å²) in [6.07, 6.45) is 6.55. The molecule has 4 nitrogen and oxygen atoms in total. The molecular weight excluding hydrogens is 288 g/mol. The van der Waals surface area contributed by atoms with Gasteiger partial charge in [0.15, 0.2) is 0 Å². The second-order valence-electron chi connectivity index (χ2n) is 6.18. The fourth-order valence-electron chi connectivity index (χ4n) is 3.43. The highest BCUT2D eigenvalue weighted by atomic mass is 16.6. The fraction of sp³-hybridized carbons (Fsp3) is 0.316. The Kier molecular flexibility index (Phi) is 4.51. The molecule has 0 unspecified atom stereocenters. The van der Waals surface area contributed by atoms with Crippen LogP contribution in [0.5, 0.6) is 0 Å². The van der Waals surface area contributed by atoms with E-state index in [-0.39, 0.29) is 16.0 Å². The Morgan fingerprint density at radius 1 is 1.09 bits per heavy atom. The van der Waals surface area contributed by atoms with Gasteiger partial charge in [-0.05, 0) is 24.0 Å². The zero-order valence-electron chi connectivity index (χ0n) is 13.0. The lowest BCUT2D eigenvalue weighted by molar-refractivity contribution is -0.384. The number of nitro groups is 1. The summed E-state index contributed by atoms with van der Waals surface area (Å²) in [7, 11) is 0. The molecule has 23 heavy (non-hydrogen) atoms. The molecule has 1 aliphatic rings. The van der Waals surface area contributed by atoms with Gasteiger partial charge in [-0.2, -0.15) is 0 Å². The lowest BCUT2D eigenvalue weighted by Gasteiger charge is -2.27. The molecule has 4 heteroatoms. The first-order valence-electron chi connectivity index (χ1n) is 7.99. The van der Waals surface area contributed by atoms with E-state index in [9.17, 15) is 10.1 Å². The highest BCUT2D eigenvalue weighted by Gasteiger charge is 2.34. The highest BCUT2D eigenvalue weighted by molar-refractivity contribution is 5.80. The van der Waals surface area contributed by atoms with Crippen LogP contribution in [-0.4, -0.2) is 17.7 Å². The molecule has 3 rings (SSSR count). The lowest BCUT2D eigenvalue weighted by Crippen LogP contribution is -2.25. The maximum Gasteiger partial charge on any atom is 0.270 e. The number of benzene rings is 2. The fourth-order valence-corrected chi connectivity index (χ4v) is 3.43. The molecular formula is C19H20N2O2. The highest BCUT2D eigenvalue weighted by Crippen LogP contribution is 2.41. The van der Waals surface area contributed by atoms with Gasteiger partial charge >= 0.3 is 0 Å². The molecule has 0 bridgehead atoms. The third-order valence-electron chi connectivity index (χ3n) is 4.66. The standard InChI is InChI=1S/C19H20N2O2/c22-21(23)18-10-6-7-16(13-18)14-20-15-19(11-4-5-12-19)17-8-2-1-3-9-17/h1-3,6-10,13-14H,4-5,11-12,15H2. The molecule has 118 valence electrons. The van der Waals surface area contributed by atoms with Crippen LogP contribution in [0.1, 0.15) is 36.8 Å². The van der Waals surface area contributed by atoms with Crippen molar-refractivity contribution in [2.24, 2.45) is 4.99 Å². The Bertz CT molecular complexity index is 704. The average Bonchev–Trinajstić information content (AvgIpc) is 3.06. The Morgan fingerprint density at radius 2 is 1.83 bits per heavy atom. The number of nitro benzene ring substituents is 1. The zero-order valence-corrected chi connectivity index (χ0v) is 13.0. The smallest absolute Gasteiger partial charge is 0.270 e. The van der Waals surface area contributed by atoms with Crippen LogP contribution in [-0.2, 0) is 5.41 Å². The van der Waals surface area contributed by atoms with Gasteiger partial charge in [0.25, 0.3) is 5.69 Å². The topological polar surface area (TPSA) is 55.5 Å². The van der Waals surface area contributed by atoms with Gasteiger partial charge in [0.05, 0.1) is 4.92 Å². The number of nitrogens with zero attached hydrogens (tertiary/aromatic N) is 2. The van der Waals surface area contributed by atoms with E-state index >= 15 is 0 Å². The predicted molar refractivity (Wildman–Crippen MR) is 92.1 cm³/mol. The number of aliphatic imine (C=N–C) groups is 1. The second kappa shape index (κ2) is 6.73. The van der Waals surface area contributed by atoms with Crippen LogP contribution in [0.15, 0.2) is 59.6 Å². The number of hydrogen-bond acceptors (Lipinski definition) is 3. The van der Waals surface area contributed by atoms with Crippen LogP contribution in [0.25, 0.3) is 0 Å². The molecule has 0 atom stereocenters. The van der Waals surface area contributed by atoms with E-state index in [2.05, 4.69) is 29.3 Å². The maximum atomic E-state index is 10.8. The van der Waals surface area contributed by atoms with Gasteiger partial charge in [-0.25, -0.2) is 0 Å². The van der Waals surface area contributed by atoms with Crippen molar-refractivity contribution in [1.29, 1.82) is 0 Å². The summed E-state index contributed by atoms with van der Waals surface area (Å²) in [4.78, 5) is 15.1. The molecule has 1 aliphatic carbocycles. The van der Waals surface area contributed by atoms with Crippen LogP contribution >= 0.6 is 0 Å². The van der Waals surface area contributed by atoms with Crippen LogP contribution in [0, 0.1) is 10.1 Å². The first-order valence-corrected chi connectivity index (χ1v) is 7.99. The Balaban J connectivity index is 1.77. The van der Waals surface area contributed by atoms with Crippen LogP contribution in [0.3, 0.4) is 0 Å². The molecule has 0 spiro atoms. The summed E-state index contributed by atoms with van der Waals surface area (Å²) in [5.74, 6) is 0. The zero-order chi connectivity index (χ0) is 16.1. The number of non-ortho nitro benzene ring substituents is 1. The van der Waals surface area contributed by atoms with Crippen molar-refractivity contribution in [3.05, 3.63) is 75.8 Å². The van der Waals surface area contributed by atoms with E-state index < -0.39 is 0 Å². The number of rotatable bonds is 5. The van der Waals surface area contributed by atoms with E-state index in [0.717, 1.165) is 24.9 Å². The average molecular weight is 308 g/mol. The third kappa shape index (κ3) is 3.47. The minimum Gasteiger partial charge on any atom is -0.292 e. The summed E-state index contributed by atoms with van der Waals surface area (Å²) in [6, 6.07) is 17.2. The SMILES string of the molecule is O=[N+]([O-])c1cccc(C=NCC2(c3ccccc3)CCCC2)c1. The molecule has 2 aromatic carbocycles. The maximum absolute atomic E-state index is 10.8. The molecule has 0 saturated heterocycles. The summed E-state index contributed by atoms with van der Waals surface area (Å²) in [5.41, 5.74) is 2.36. The Labute approximate surface area is 136 Å². The second-order valence-corrected chi connectivity index (χ2v) is 6.18. The van der Waals surface area contributed by atoms with E-state index in [1.54, 1.807) is 18.3 Å². The summed E-state index contributed by atoms with van der Waals surface area (Å²) >= 11 is 0. The van der Waals surface area contributed by atoms with Gasteiger partial charge < -0.3 is 0 Å². The van der Waals surface area contributed by atoms with Crippen molar-refractivity contribution in [2.45, 2.75) is 31.1 Å². The molecule has 0 radical (unpaired) electrons. The van der Waals surface area contributed by atoms with Crippen molar-refractivity contribution in [3.63, 3.8) is 0 Å². The van der Waals surface area contributed by atoms with E-state index in [0.29, 0.717) is 0 Å². The van der Waals surface area contributed by atoms with Gasteiger partial charge in [-0.3, -0.25) is 15.1 Å². The minimum atomic E-state index is -0.375. The summed E-state index contributed by atoms with van der Waals surface area (Å²) in [6.45, 7) is 0.736. The molecule has 1 saturated carbocycles. The van der Waals surface area contributed by atoms with E-state index in [4.69, 9.17) is 0 Å². The molecule has 2 aromatic rings. The van der Waals surface area contributed by atoms with Gasteiger partial charge in [-0.1, -0.05) is 55.3 Å². The van der Waals surface area contributed by atoms with Crippen LogP contribution < -0.4 is 0 Å². The first kappa shape index (κ1) is 15.4. The quantitative estimate of drug-likeness (QED) is 0.463. The third-order valence-corrected chi connectivity index (χ3v) is 4.66.